The maximum Gasteiger partial charge on any atom is 0.234 e. The van der Waals surface area contributed by atoms with Crippen molar-refractivity contribution >= 4 is 27.7 Å². The smallest absolute Gasteiger partial charge is 0.234 e. The van der Waals surface area contributed by atoms with Gasteiger partial charge >= 0.3 is 0 Å². The standard InChI is InChI=1S/C13H18BrN3O2/c1-19-9-13(4-7-15-8-5-13)12(18)17-11-10(14)3-2-6-16-11/h2-3,6,15H,4-5,7-9H2,1H3,(H,16,17,18). The van der Waals surface area contributed by atoms with Crippen LogP contribution in [-0.4, -0.2) is 37.7 Å². The van der Waals surface area contributed by atoms with Gasteiger partial charge in [-0.05, 0) is 54.0 Å². The molecule has 19 heavy (non-hydrogen) atoms. The number of methoxy groups -OCH3 is 1. The van der Waals surface area contributed by atoms with Gasteiger partial charge in [0.05, 0.1) is 16.5 Å². The Kier molecular flexibility index (Phi) is 4.90. The first kappa shape index (κ1) is 14.4. The Morgan fingerprint density at radius 2 is 2.32 bits per heavy atom. The molecule has 1 aliphatic rings. The van der Waals surface area contributed by atoms with Crippen LogP contribution in [0, 0.1) is 5.41 Å². The number of piperidine rings is 1. The summed E-state index contributed by atoms with van der Waals surface area (Å²) >= 11 is 3.38. The van der Waals surface area contributed by atoms with Crippen LogP contribution in [0.2, 0.25) is 0 Å². The lowest BCUT2D eigenvalue weighted by Crippen LogP contribution is -2.47. The Hall–Kier alpha value is -0.980. The first-order valence-electron chi connectivity index (χ1n) is 6.29. The van der Waals surface area contributed by atoms with E-state index in [1.54, 1.807) is 13.3 Å². The largest absolute Gasteiger partial charge is 0.384 e. The molecule has 0 saturated carbocycles. The molecule has 0 radical (unpaired) electrons. The molecule has 5 nitrogen and oxygen atoms in total. The van der Waals surface area contributed by atoms with Crippen LogP contribution in [-0.2, 0) is 9.53 Å². The van der Waals surface area contributed by atoms with Gasteiger partial charge in [0.15, 0.2) is 0 Å². The number of hydrogen-bond acceptors (Lipinski definition) is 4. The minimum atomic E-state index is -0.461. The summed E-state index contributed by atoms with van der Waals surface area (Å²) in [6, 6.07) is 3.67. The van der Waals surface area contributed by atoms with Crippen LogP contribution in [0.15, 0.2) is 22.8 Å². The molecule has 2 rings (SSSR count). The molecular weight excluding hydrogens is 310 g/mol. The zero-order valence-electron chi connectivity index (χ0n) is 10.9. The topological polar surface area (TPSA) is 63.2 Å². The number of aromatic nitrogens is 1. The first-order valence-corrected chi connectivity index (χ1v) is 7.09. The molecular formula is C13H18BrN3O2. The maximum absolute atomic E-state index is 12.6. The average molecular weight is 328 g/mol. The Morgan fingerprint density at radius 1 is 1.58 bits per heavy atom. The van der Waals surface area contributed by atoms with Gasteiger partial charge in [-0.2, -0.15) is 0 Å². The van der Waals surface area contributed by atoms with Gasteiger partial charge in [0.1, 0.15) is 5.82 Å². The predicted molar refractivity (Wildman–Crippen MR) is 77.0 cm³/mol. The number of halogens is 1. The van der Waals surface area contributed by atoms with E-state index >= 15 is 0 Å². The molecule has 1 aromatic heterocycles. The van der Waals surface area contributed by atoms with Gasteiger partial charge in [0, 0.05) is 13.3 Å². The minimum absolute atomic E-state index is 0.0183. The summed E-state index contributed by atoms with van der Waals surface area (Å²) in [5.41, 5.74) is -0.461. The van der Waals surface area contributed by atoms with E-state index in [-0.39, 0.29) is 5.91 Å². The molecule has 1 aliphatic heterocycles. The molecule has 2 N–H and O–H groups in total. The van der Waals surface area contributed by atoms with Crippen LogP contribution >= 0.6 is 15.9 Å². The highest BCUT2D eigenvalue weighted by atomic mass is 79.9. The lowest BCUT2D eigenvalue weighted by atomic mass is 9.78. The van der Waals surface area contributed by atoms with Crippen molar-refractivity contribution < 1.29 is 9.53 Å². The molecule has 1 fully saturated rings. The SMILES string of the molecule is COCC1(C(=O)Nc2ncccc2Br)CCNCC1. The highest BCUT2D eigenvalue weighted by molar-refractivity contribution is 9.10. The van der Waals surface area contributed by atoms with Crippen LogP contribution in [0.1, 0.15) is 12.8 Å². The maximum atomic E-state index is 12.6. The van der Waals surface area contributed by atoms with E-state index in [0.29, 0.717) is 12.4 Å². The number of nitrogens with one attached hydrogen (secondary N) is 2. The van der Waals surface area contributed by atoms with Crippen LogP contribution in [0.25, 0.3) is 0 Å². The Morgan fingerprint density at radius 3 is 2.95 bits per heavy atom. The van der Waals surface area contributed by atoms with Crippen molar-refractivity contribution in [1.82, 2.24) is 10.3 Å². The second-order valence-electron chi connectivity index (χ2n) is 4.75. The number of nitrogens with zero attached hydrogens (tertiary/aromatic N) is 1. The van der Waals surface area contributed by atoms with Gasteiger partial charge in [-0.25, -0.2) is 4.98 Å². The number of pyridine rings is 1. The minimum Gasteiger partial charge on any atom is -0.384 e. The zero-order valence-corrected chi connectivity index (χ0v) is 12.5. The van der Waals surface area contributed by atoms with E-state index in [2.05, 4.69) is 31.5 Å². The average Bonchev–Trinajstić information content (AvgIpc) is 2.42. The van der Waals surface area contributed by atoms with E-state index in [0.717, 1.165) is 30.4 Å². The summed E-state index contributed by atoms with van der Waals surface area (Å²) in [6.07, 6.45) is 3.21. The number of carbonyl (C=O) groups excluding carboxylic acids is 1. The van der Waals surface area contributed by atoms with Crippen molar-refractivity contribution in [2.75, 3.05) is 32.1 Å². The highest BCUT2D eigenvalue weighted by Gasteiger charge is 2.39. The number of carbonyl (C=O) groups is 1. The molecule has 6 heteroatoms. The van der Waals surface area contributed by atoms with Crippen molar-refractivity contribution in [2.45, 2.75) is 12.8 Å². The van der Waals surface area contributed by atoms with E-state index in [1.165, 1.54) is 0 Å². The van der Waals surface area contributed by atoms with Gasteiger partial charge in [-0.1, -0.05) is 0 Å². The summed E-state index contributed by atoms with van der Waals surface area (Å²) < 4.78 is 6.04. The quantitative estimate of drug-likeness (QED) is 0.885. The number of ether oxygens (including phenoxy) is 1. The molecule has 0 spiro atoms. The van der Waals surface area contributed by atoms with Crippen LogP contribution in [0.4, 0.5) is 5.82 Å². The molecule has 0 aromatic carbocycles. The summed E-state index contributed by atoms with van der Waals surface area (Å²) in [6.45, 7) is 2.10. The van der Waals surface area contributed by atoms with E-state index in [9.17, 15) is 4.79 Å². The summed E-state index contributed by atoms with van der Waals surface area (Å²) in [5, 5.41) is 6.17. The van der Waals surface area contributed by atoms with Crippen molar-refractivity contribution in [2.24, 2.45) is 5.41 Å². The van der Waals surface area contributed by atoms with Gasteiger partial charge in [-0.3, -0.25) is 4.79 Å². The molecule has 0 bridgehead atoms. The molecule has 104 valence electrons. The molecule has 0 aliphatic carbocycles. The lowest BCUT2D eigenvalue weighted by Gasteiger charge is -2.35. The monoisotopic (exact) mass is 327 g/mol. The van der Waals surface area contributed by atoms with Gasteiger partial charge in [0.25, 0.3) is 0 Å². The summed E-state index contributed by atoms with van der Waals surface area (Å²) in [5.74, 6) is 0.539. The van der Waals surface area contributed by atoms with Crippen molar-refractivity contribution in [3.63, 3.8) is 0 Å². The van der Waals surface area contributed by atoms with Crippen LogP contribution in [0.5, 0.6) is 0 Å². The Balaban J connectivity index is 2.14. The Labute approximate surface area is 121 Å². The fourth-order valence-electron chi connectivity index (χ4n) is 2.34. The summed E-state index contributed by atoms with van der Waals surface area (Å²) in [4.78, 5) is 16.7. The number of rotatable bonds is 4. The molecule has 0 atom stereocenters. The molecule has 2 heterocycles. The van der Waals surface area contributed by atoms with Crippen molar-refractivity contribution in [1.29, 1.82) is 0 Å². The van der Waals surface area contributed by atoms with Crippen molar-refractivity contribution in [3.8, 4) is 0 Å². The zero-order chi connectivity index (χ0) is 13.7. The third kappa shape index (κ3) is 3.32. The van der Waals surface area contributed by atoms with E-state index in [4.69, 9.17) is 4.74 Å². The van der Waals surface area contributed by atoms with Gasteiger partial charge < -0.3 is 15.4 Å². The number of hydrogen-bond donors (Lipinski definition) is 2. The van der Waals surface area contributed by atoms with E-state index < -0.39 is 5.41 Å². The molecule has 0 unspecified atom stereocenters. The summed E-state index contributed by atoms with van der Waals surface area (Å²) in [7, 11) is 1.63. The van der Waals surface area contributed by atoms with E-state index in [1.807, 2.05) is 12.1 Å². The van der Waals surface area contributed by atoms with Crippen LogP contribution < -0.4 is 10.6 Å². The molecule has 1 saturated heterocycles. The normalized spacial score (nSPS) is 18.0. The highest BCUT2D eigenvalue weighted by Crippen LogP contribution is 2.31. The fourth-order valence-corrected chi connectivity index (χ4v) is 2.69. The molecule has 1 amide bonds. The van der Waals surface area contributed by atoms with Crippen LogP contribution in [0.3, 0.4) is 0 Å². The third-order valence-corrected chi connectivity index (χ3v) is 4.09. The number of anilines is 1. The Bertz CT molecular complexity index is 442. The fraction of sp³-hybridized carbons (Fsp3) is 0.538. The predicted octanol–water partition coefficient (Wildman–Crippen LogP) is 1.80. The first-order chi connectivity index (χ1) is 9.18. The lowest BCUT2D eigenvalue weighted by molar-refractivity contribution is -0.130. The second-order valence-corrected chi connectivity index (χ2v) is 5.61. The van der Waals surface area contributed by atoms with Gasteiger partial charge in [0.2, 0.25) is 5.91 Å². The molecule has 1 aromatic rings. The third-order valence-electron chi connectivity index (χ3n) is 3.45. The second kappa shape index (κ2) is 6.45. The number of amides is 1. The van der Waals surface area contributed by atoms with Gasteiger partial charge in [-0.15, -0.1) is 0 Å². The van der Waals surface area contributed by atoms with Crippen molar-refractivity contribution in [3.05, 3.63) is 22.8 Å².